The number of rotatable bonds is 2. The van der Waals surface area contributed by atoms with Crippen molar-refractivity contribution in [1.29, 1.82) is 0 Å². The fraction of sp³-hybridized carbons (Fsp3) is 0.500. The number of hydrogen-bond donors (Lipinski definition) is 0. The zero-order valence-corrected chi connectivity index (χ0v) is 12.6. The fourth-order valence-corrected chi connectivity index (χ4v) is 4.49. The number of thiophene rings is 1. The lowest BCUT2D eigenvalue weighted by Gasteiger charge is -2.31. The maximum Gasteiger partial charge on any atom is 0.276 e. The molecule has 2 unspecified atom stereocenters. The first-order valence-corrected chi connectivity index (χ1v) is 8.51. The van der Waals surface area contributed by atoms with Crippen LogP contribution in [0, 0.1) is 5.92 Å². The molecular formula is C16H18N2O2S. The molecule has 1 aliphatic heterocycles. The zero-order valence-electron chi connectivity index (χ0n) is 11.8. The van der Waals surface area contributed by atoms with Crippen LogP contribution >= 0.6 is 11.3 Å². The fourth-order valence-electron chi connectivity index (χ4n) is 3.78. The Labute approximate surface area is 127 Å². The molecule has 2 aliphatic rings. The molecule has 2 atom stereocenters. The Kier molecular flexibility index (Phi) is 3.30. The SMILES string of the molecule is O=C(c1ncoc1-c1cccs1)N1CCC2CCCCC21. The number of fused-ring (bicyclic) bond motifs is 1. The van der Waals surface area contributed by atoms with Crippen molar-refractivity contribution in [2.45, 2.75) is 38.1 Å². The second kappa shape index (κ2) is 5.30. The van der Waals surface area contributed by atoms with Gasteiger partial charge in [0.25, 0.3) is 5.91 Å². The largest absolute Gasteiger partial charge is 0.442 e. The summed E-state index contributed by atoms with van der Waals surface area (Å²) in [5.74, 6) is 1.36. The van der Waals surface area contributed by atoms with Crippen LogP contribution in [0.5, 0.6) is 0 Å². The van der Waals surface area contributed by atoms with Crippen molar-refractivity contribution in [3.05, 3.63) is 29.6 Å². The second-order valence-corrected chi connectivity index (χ2v) is 6.85. The summed E-state index contributed by atoms with van der Waals surface area (Å²) >= 11 is 1.57. The monoisotopic (exact) mass is 302 g/mol. The van der Waals surface area contributed by atoms with E-state index >= 15 is 0 Å². The Balaban J connectivity index is 1.62. The van der Waals surface area contributed by atoms with Gasteiger partial charge in [-0.2, -0.15) is 0 Å². The molecule has 2 fully saturated rings. The molecule has 5 heteroatoms. The van der Waals surface area contributed by atoms with Crippen LogP contribution in [0.15, 0.2) is 28.3 Å². The van der Waals surface area contributed by atoms with Crippen LogP contribution < -0.4 is 0 Å². The predicted molar refractivity (Wildman–Crippen MR) is 81.2 cm³/mol. The second-order valence-electron chi connectivity index (χ2n) is 5.91. The van der Waals surface area contributed by atoms with Crippen molar-refractivity contribution in [3.63, 3.8) is 0 Å². The highest BCUT2D eigenvalue weighted by molar-refractivity contribution is 7.13. The number of carbonyl (C=O) groups excluding carboxylic acids is 1. The van der Waals surface area contributed by atoms with Crippen LogP contribution in [0.4, 0.5) is 0 Å². The van der Waals surface area contributed by atoms with Crippen LogP contribution in [-0.4, -0.2) is 28.4 Å². The summed E-state index contributed by atoms with van der Waals surface area (Å²) in [6.45, 7) is 0.866. The molecule has 21 heavy (non-hydrogen) atoms. The van der Waals surface area contributed by atoms with Crippen LogP contribution in [0.25, 0.3) is 10.6 Å². The minimum Gasteiger partial charge on any atom is -0.442 e. The Morgan fingerprint density at radius 3 is 3.10 bits per heavy atom. The number of nitrogens with zero attached hydrogens (tertiary/aromatic N) is 2. The molecule has 2 aromatic heterocycles. The number of likely N-dealkylation sites (tertiary alicyclic amines) is 1. The maximum absolute atomic E-state index is 12.9. The van der Waals surface area contributed by atoms with Gasteiger partial charge in [-0.1, -0.05) is 18.9 Å². The Morgan fingerprint density at radius 2 is 2.24 bits per heavy atom. The predicted octanol–water partition coefficient (Wildman–Crippen LogP) is 3.81. The van der Waals surface area contributed by atoms with Crippen LogP contribution in [0.3, 0.4) is 0 Å². The molecule has 1 saturated heterocycles. The summed E-state index contributed by atoms with van der Waals surface area (Å²) < 4.78 is 5.48. The van der Waals surface area contributed by atoms with Crippen molar-refractivity contribution in [1.82, 2.24) is 9.88 Å². The van der Waals surface area contributed by atoms with Gasteiger partial charge >= 0.3 is 0 Å². The summed E-state index contributed by atoms with van der Waals surface area (Å²) in [7, 11) is 0. The Morgan fingerprint density at radius 1 is 1.33 bits per heavy atom. The van der Waals surface area contributed by atoms with Gasteiger partial charge in [-0.15, -0.1) is 11.3 Å². The van der Waals surface area contributed by atoms with Crippen LogP contribution in [0.2, 0.25) is 0 Å². The minimum atomic E-state index is 0.0431. The van der Waals surface area contributed by atoms with Crippen molar-refractivity contribution in [2.75, 3.05) is 6.54 Å². The number of hydrogen-bond acceptors (Lipinski definition) is 4. The van der Waals surface area contributed by atoms with Crippen LogP contribution in [0.1, 0.15) is 42.6 Å². The first-order valence-electron chi connectivity index (χ1n) is 7.63. The summed E-state index contributed by atoms with van der Waals surface area (Å²) in [4.78, 5) is 20.1. The summed E-state index contributed by atoms with van der Waals surface area (Å²) in [6.07, 6.45) is 7.49. The highest BCUT2D eigenvalue weighted by Crippen LogP contribution is 2.38. The molecule has 3 heterocycles. The van der Waals surface area contributed by atoms with Gasteiger partial charge in [0, 0.05) is 12.6 Å². The quantitative estimate of drug-likeness (QED) is 0.847. The molecule has 4 rings (SSSR count). The first kappa shape index (κ1) is 13.1. The van der Waals surface area contributed by atoms with E-state index in [9.17, 15) is 4.79 Å². The lowest BCUT2D eigenvalue weighted by molar-refractivity contribution is 0.0685. The number of aromatic nitrogens is 1. The molecule has 0 radical (unpaired) electrons. The Hall–Kier alpha value is -1.62. The van der Waals surface area contributed by atoms with Gasteiger partial charge in [0.15, 0.2) is 17.8 Å². The van der Waals surface area contributed by atoms with Gasteiger partial charge in [0.1, 0.15) is 0 Å². The molecular weight excluding hydrogens is 284 g/mol. The molecule has 0 bridgehead atoms. The molecule has 1 amide bonds. The van der Waals surface area contributed by atoms with E-state index in [0.717, 1.165) is 24.3 Å². The number of oxazole rings is 1. The van der Waals surface area contributed by atoms with E-state index in [1.807, 2.05) is 22.4 Å². The van der Waals surface area contributed by atoms with E-state index in [0.29, 0.717) is 23.4 Å². The van der Waals surface area contributed by atoms with Crippen molar-refractivity contribution in [2.24, 2.45) is 5.92 Å². The number of amides is 1. The van der Waals surface area contributed by atoms with Gasteiger partial charge in [0.05, 0.1) is 4.88 Å². The normalized spacial score (nSPS) is 25.0. The van der Waals surface area contributed by atoms with E-state index in [1.54, 1.807) is 11.3 Å². The van der Waals surface area contributed by atoms with Gasteiger partial charge < -0.3 is 9.32 Å². The van der Waals surface area contributed by atoms with E-state index < -0.39 is 0 Å². The Bertz CT molecular complexity index is 635. The van der Waals surface area contributed by atoms with E-state index in [4.69, 9.17) is 4.42 Å². The summed E-state index contributed by atoms with van der Waals surface area (Å²) in [6, 6.07) is 4.35. The topological polar surface area (TPSA) is 46.3 Å². The molecule has 0 spiro atoms. The third-order valence-electron chi connectivity index (χ3n) is 4.79. The smallest absolute Gasteiger partial charge is 0.276 e. The maximum atomic E-state index is 12.9. The van der Waals surface area contributed by atoms with Gasteiger partial charge in [-0.3, -0.25) is 4.79 Å². The van der Waals surface area contributed by atoms with Crippen molar-refractivity contribution in [3.8, 4) is 10.6 Å². The molecule has 4 nitrogen and oxygen atoms in total. The van der Waals surface area contributed by atoms with E-state index in [-0.39, 0.29) is 5.91 Å². The minimum absolute atomic E-state index is 0.0431. The zero-order chi connectivity index (χ0) is 14.2. The third kappa shape index (κ3) is 2.20. The average Bonchev–Trinajstić information content (AvgIpc) is 3.25. The van der Waals surface area contributed by atoms with E-state index in [1.165, 1.54) is 25.7 Å². The molecule has 1 saturated carbocycles. The molecule has 1 aliphatic carbocycles. The van der Waals surface area contributed by atoms with Crippen molar-refractivity contribution < 1.29 is 9.21 Å². The lowest BCUT2D eigenvalue weighted by Crippen LogP contribution is -2.39. The van der Waals surface area contributed by atoms with E-state index in [2.05, 4.69) is 4.98 Å². The van der Waals surface area contributed by atoms with Gasteiger partial charge in [-0.25, -0.2) is 4.98 Å². The first-order chi connectivity index (χ1) is 10.3. The van der Waals surface area contributed by atoms with Gasteiger partial charge in [0.2, 0.25) is 0 Å². The highest BCUT2D eigenvalue weighted by atomic mass is 32.1. The molecule has 0 aromatic carbocycles. The molecule has 2 aromatic rings. The molecule has 110 valence electrons. The number of carbonyl (C=O) groups is 1. The third-order valence-corrected chi connectivity index (χ3v) is 5.65. The van der Waals surface area contributed by atoms with Gasteiger partial charge in [-0.05, 0) is 36.6 Å². The average molecular weight is 302 g/mol. The van der Waals surface area contributed by atoms with Crippen molar-refractivity contribution >= 4 is 17.2 Å². The summed E-state index contributed by atoms with van der Waals surface area (Å²) in [5, 5.41) is 1.99. The lowest BCUT2D eigenvalue weighted by atomic mass is 9.85. The summed E-state index contributed by atoms with van der Waals surface area (Å²) in [5.41, 5.74) is 0.476. The highest BCUT2D eigenvalue weighted by Gasteiger charge is 2.39. The standard InChI is InChI=1S/C16H18N2O2S/c19-16(18-8-7-11-4-1-2-5-12(11)18)14-15(20-10-17-14)13-6-3-9-21-13/h3,6,9-12H,1-2,4-5,7-8H2. The molecule has 0 N–H and O–H groups in total. The van der Waals surface area contributed by atoms with Crippen LogP contribution in [-0.2, 0) is 0 Å².